The third kappa shape index (κ3) is 12.2. The number of rotatable bonds is 21. The number of fused-ring (bicyclic) bond motifs is 2. The average Bonchev–Trinajstić information content (AvgIpc) is 3.72. The Labute approximate surface area is 378 Å². The van der Waals surface area contributed by atoms with E-state index in [1.54, 1.807) is 49.7 Å². The second-order valence-corrected chi connectivity index (χ2v) is 22.1. The van der Waals surface area contributed by atoms with Gasteiger partial charge >= 0.3 is 5.97 Å². The third-order valence-corrected chi connectivity index (χ3v) is 14.9. The Morgan fingerprint density at radius 2 is 1.35 bits per heavy atom. The first kappa shape index (κ1) is 51.3. The number of ether oxygens (including phenoxy) is 1. The zero-order valence-electron chi connectivity index (χ0n) is 35.9. The van der Waals surface area contributed by atoms with Crippen LogP contribution in [0.25, 0.3) is 0 Å². The molecule has 2 aromatic carbocycles. The van der Waals surface area contributed by atoms with Crippen LogP contribution in [0.3, 0.4) is 0 Å². The number of hydrogen-bond donors (Lipinski definition) is 0. The number of anilines is 1. The highest BCUT2D eigenvalue weighted by atomic mass is 32.2. The second kappa shape index (κ2) is 19.7. The Balaban J connectivity index is 1.60. The highest BCUT2D eigenvalue weighted by molar-refractivity contribution is 7.86. The van der Waals surface area contributed by atoms with E-state index in [0.29, 0.717) is 44.5 Å². The van der Waals surface area contributed by atoms with E-state index in [1.807, 2.05) is 4.90 Å². The lowest BCUT2D eigenvalue weighted by Gasteiger charge is -2.30. The minimum absolute atomic E-state index is 0.0285. The lowest BCUT2D eigenvalue weighted by atomic mass is 9.75. The van der Waals surface area contributed by atoms with E-state index >= 15 is 0 Å². The fraction of sp³-hybridized carbons (Fsp3) is 0.463. The SMILES string of the molecule is COCCN1C(=CC=C(C)C=CC2=[N+](CCCC(=O)ON3C(=O)CCC3=O)c3ccc(S(=O)(=O)[O-])cc3C2(C)CCCS(=O)(=O)[O-])C(C)(CCCS(=O)(=O)[O-])c2cc(S(=O)(=O)[O-])ccc21. The predicted octanol–water partition coefficient (Wildman–Crippen LogP) is 2.70. The van der Waals surface area contributed by atoms with Crippen LogP contribution in [0.4, 0.5) is 11.4 Å². The van der Waals surface area contributed by atoms with Crippen molar-refractivity contribution in [2.75, 3.05) is 43.2 Å². The molecule has 0 aromatic heterocycles. The molecule has 5 rings (SSSR count). The summed E-state index contributed by atoms with van der Waals surface area (Å²) in [6.07, 6.45) is 6.02. The molecular weight excluding hydrogens is 935 g/mol. The molecule has 65 heavy (non-hydrogen) atoms. The second-order valence-electron chi connectivity index (χ2n) is 16.3. The Morgan fingerprint density at radius 1 is 0.800 bits per heavy atom. The van der Waals surface area contributed by atoms with Gasteiger partial charge in [0.05, 0.1) is 48.5 Å². The lowest BCUT2D eigenvalue weighted by molar-refractivity contribution is -0.438. The maximum absolute atomic E-state index is 12.8. The minimum atomic E-state index is -4.99. The van der Waals surface area contributed by atoms with Crippen molar-refractivity contribution in [1.82, 2.24) is 5.06 Å². The number of methoxy groups -OCH3 is 1. The summed E-state index contributed by atoms with van der Waals surface area (Å²) in [4.78, 5) is 42.6. The van der Waals surface area contributed by atoms with Gasteiger partial charge in [-0.2, -0.15) is 4.58 Å². The quantitative estimate of drug-likeness (QED) is 0.0751. The molecule has 2 aromatic rings. The summed E-state index contributed by atoms with van der Waals surface area (Å²) in [5, 5.41) is 0.416. The molecule has 1 saturated heterocycles. The van der Waals surface area contributed by atoms with Crippen LogP contribution in [0, 0.1) is 0 Å². The molecule has 0 saturated carbocycles. The van der Waals surface area contributed by atoms with Crippen molar-refractivity contribution in [1.29, 1.82) is 0 Å². The van der Waals surface area contributed by atoms with Crippen LogP contribution in [-0.4, -0.2) is 123 Å². The normalized spacial score (nSPS) is 21.3. The molecule has 2 unspecified atom stereocenters. The van der Waals surface area contributed by atoms with Crippen molar-refractivity contribution in [3.8, 4) is 0 Å². The maximum Gasteiger partial charge on any atom is 0.333 e. The van der Waals surface area contributed by atoms with Crippen LogP contribution in [0.5, 0.6) is 0 Å². The predicted molar refractivity (Wildman–Crippen MR) is 228 cm³/mol. The standard InChI is InChI=1S/C41H51N3O17S4/c1-28(10-16-36-41(3,20-7-25-63(51,52)53)32-27-30(65(57,58)59)12-14-34(32)43(36)22-23-60-4)9-15-35-40(2,19-6-24-62(48,49)50)31-26-29(64(54,55)56)11-13-33(31)42(35)21-5-8-39(47)61-44-37(45)17-18-38(44)46/h9-16,26-27H,5-8,17-25H2,1-4H3,(H3-,48,49,50,51,52,53,54,55,56,57,58,59)/p-3. The van der Waals surface area contributed by atoms with Crippen molar-refractivity contribution in [2.24, 2.45) is 0 Å². The summed E-state index contributed by atoms with van der Waals surface area (Å²) >= 11 is 0. The van der Waals surface area contributed by atoms with Gasteiger partial charge in [-0.1, -0.05) is 17.7 Å². The number of carbonyl (C=O) groups is 3. The highest BCUT2D eigenvalue weighted by Gasteiger charge is 2.48. The largest absolute Gasteiger partial charge is 0.748 e. The molecule has 20 nitrogen and oxygen atoms in total. The van der Waals surface area contributed by atoms with Crippen molar-refractivity contribution >= 4 is 75.3 Å². The van der Waals surface area contributed by atoms with Gasteiger partial charge in [-0.25, -0.2) is 38.5 Å². The van der Waals surface area contributed by atoms with E-state index < -0.39 is 90.4 Å². The summed E-state index contributed by atoms with van der Waals surface area (Å²) in [6.45, 7) is 5.59. The Bertz CT molecular complexity index is 2820. The van der Waals surface area contributed by atoms with Gasteiger partial charge in [-0.15, -0.1) is 5.06 Å². The molecule has 3 heterocycles. The molecule has 2 amide bonds. The molecular formula is C41H48N3O17S4-3. The summed E-state index contributed by atoms with van der Waals surface area (Å²) < 4.78 is 150. The zero-order valence-corrected chi connectivity index (χ0v) is 39.1. The van der Waals surface area contributed by atoms with Gasteiger partial charge in [0.1, 0.15) is 26.8 Å². The van der Waals surface area contributed by atoms with Crippen molar-refractivity contribution in [3.05, 3.63) is 83.1 Å². The topological polar surface area (TPSA) is 308 Å². The Hall–Kier alpha value is -4.66. The first-order valence-electron chi connectivity index (χ1n) is 20.2. The number of benzene rings is 2. The fourth-order valence-electron chi connectivity index (χ4n) is 8.43. The van der Waals surface area contributed by atoms with Crippen molar-refractivity contribution in [2.45, 2.75) is 92.8 Å². The number of hydrogen-bond acceptors (Lipinski definition) is 18. The Kier molecular flexibility index (Phi) is 15.5. The van der Waals surface area contributed by atoms with Gasteiger partial charge in [-0.05, 0) is 88.4 Å². The number of amides is 2. The van der Waals surface area contributed by atoms with Crippen molar-refractivity contribution in [3.63, 3.8) is 0 Å². The molecule has 356 valence electrons. The number of imide groups is 1. The summed E-state index contributed by atoms with van der Waals surface area (Å²) in [6, 6.07) is 7.54. The maximum atomic E-state index is 12.8. The number of nitrogens with zero attached hydrogens (tertiary/aromatic N) is 3. The van der Waals surface area contributed by atoms with E-state index in [2.05, 4.69) is 0 Å². The van der Waals surface area contributed by atoms with Gasteiger partial charge in [0.25, 0.3) is 11.8 Å². The van der Waals surface area contributed by atoms with Crippen molar-refractivity contribution < 1.29 is 80.4 Å². The van der Waals surface area contributed by atoms with E-state index in [-0.39, 0.29) is 71.1 Å². The van der Waals surface area contributed by atoms with Crippen LogP contribution in [-0.2, 0) is 75.3 Å². The van der Waals surface area contributed by atoms with Gasteiger partial charge in [0, 0.05) is 78.9 Å². The lowest BCUT2D eigenvalue weighted by Crippen LogP contribution is -2.33. The van der Waals surface area contributed by atoms with E-state index in [4.69, 9.17) is 9.57 Å². The summed E-state index contributed by atoms with van der Waals surface area (Å²) in [5.41, 5.74) is 0.801. The highest BCUT2D eigenvalue weighted by Crippen LogP contribution is 2.51. The summed E-state index contributed by atoms with van der Waals surface area (Å²) in [5.74, 6) is -3.68. The smallest absolute Gasteiger partial charge is 0.333 e. The van der Waals surface area contributed by atoms with Crippen LogP contribution in [0.15, 0.2) is 81.8 Å². The number of allylic oxidation sites excluding steroid dienone is 6. The van der Waals surface area contributed by atoms with Crippen LogP contribution < -0.4 is 4.90 Å². The molecule has 0 bridgehead atoms. The van der Waals surface area contributed by atoms with Gasteiger partial charge < -0.3 is 32.7 Å². The van der Waals surface area contributed by atoms with E-state index in [9.17, 15) is 66.3 Å². The molecule has 2 atom stereocenters. The van der Waals surface area contributed by atoms with Gasteiger partial charge in [0.15, 0.2) is 5.71 Å². The molecule has 3 aliphatic rings. The fourth-order valence-corrected chi connectivity index (χ4v) is 10.4. The minimum Gasteiger partial charge on any atom is -0.748 e. The molecule has 0 spiro atoms. The first-order chi connectivity index (χ1) is 30.1. The molecule has 1 fully saturated rings. The molecule has 0 N–H and O–H groups in total. The van der Waals surface area contributed by atoms with Gasteiger partial charge in [0.2, 0.25) is 5.69 Å². The zero-order chi connectivity index (χ0) is 48.3. The average molecular weight is 983 g/mol. The van der Waals surface area contributed by atoms with E-state index in [0.717, 1.165) is 12.1 Å². The van der Waals surface area contributed by atoms with E-state index in [1.165, 1.54) is 31.4 Å². The molecule has 24 heteroatoms. The first-order valence-corrected chi connectivity index (χ1v) is 26.2. The van der Waals surface area contributed by atoms with Crippen LogP contribution in [0.1, 0.15) is 83.3 Å². The number of carbonyl (C=O) groups excluding carboxylic acids is 3. The summed E-state index contributed by atoms with van der Waals surface area (Å²) in [7, 11) is -17.7. The Morgan fingerprint density at radius 3 is 1.91 bits per heavy atom. The molecule has 0 aliphatic carbocycles. The monoisotopic (exact) mass is 982 g/mol. The third-order valence-electron chi connectivity index (χ3n) is 11.6. The number of hydroxylamine groups is 2. The van der Waals surface area contributed by atoms with Gasteiger partial charge in [-0.3, -0.25) is 9.59 Å². The van der Waals surface area contributed by atoms with Crippen LogP contribution >= 0.6 is 0 Å². The molecule has 0 radical (unpaired) electrons. The molecule has 3 aliphatic heterocycles. The van der Waals surface area contributed by atoms with Crippen LogP contribution in [0.2, 0.25) is 0 Å².